The molecule has 0 aliphatic heterocycles. The summed E-state index contributed by atoms with van der Waals surface area (Å²) in [6.45, 7) is 5.89. The van der Waals surface area contributed by atoms with Crippen molar-refractivity contribution in [1.29, 1.82) is 0 Å². The molecule has 1 N–H and O–H groups in total. The van der Waals surface area contributed by atoms with Crippen molar-refractivity contribution in [3.63, 3.8) is 0 Å². The van der Waals surface area contributed by atoms with Crippen molar-refractivity contribution in [1.82, 2.24) is 9.55 Å². The molecular weight excluding hydrogens is 430 g/mol. The third-order valence-corrected chi connectivity index (χ3v) is 6.31. The average molecular weight is 462 g/mol. The van der Waals surface area contributed by atoms with Crippen molar-refractivity contribution in [2.75, 3.05) is 11.9 Å². The van der Waals surface area contributed by atoms with Gasteiger partial charge in [-0.3, -0.25) is 4.57 Å². The van der Waals surface area contributed by atoms with Crippen LogP contribution in [0.25, 0.3) is 16.7 Å². The Morgan fingerprint density at radius 3 is 2.34 bits per heavy atom. The van der Waals surface area contributed by atoms with Gasteiger partial charge in [0.15, 0.2) is 0 Å². The molecule has 0 radical (unpaired) electrons. The van der Waals surface area contributed by atoms with Gasteiger partial charge in [-0.1, -0.05) is 68.4 Å². The molecule has 0 unspecified atom stereocenters. The Labute approximate surface area is 207 Å². The topological polar surface area (TPSA) is 39.1 Å². The second-order valence-corrected chi connectivity index (χ2v) is 9.15. The maximum atomic E-state index is 5.93. The number of ether oxygens (including phenoxy) is 1. The van der Waals surface area contributed by atoms with Gasteiger partial charge in [-0.05, 0) is 65.1 Å². The van der Waals surface area contributed by atoms with Crippen LogP contribution in [0.4, 0.5) is 5.69 Å². The van der Waals surface area contributed by atoms with Crippen molar-refractivity contribution in [2.24, 2.45) is 0 Å². The third-order valence-electron chi connectivity index (χ3n) is 6.31. The minimum Gasteiger partial charge on any atom is -0.493 e. The molecular formula is C31H31N3O. The summed E-state index contributed by atoms with van der Waals surface area (Å²) in [5.74, 6) is 1.43. The van der Waals surface area contributed by atoms with Gasteiger partial charge < -0.3 is 10.1 Å². The molecule has 0 bridgehead atoms. The largest absolute Gasteiger partial charge is 0.493 e. The van der Waals surface area contributed by atoms with Gasteiger partial charge in [0.25, 0.3) is 0 Å². The highest BCUT2D eigenvalue weighted by molar-refractivity contribution is 5.81. The van der Waals surface area contributed by atoms with E-state index in [9.17, 15) is 0 Å². The van der Waals surface area contributed by atoms with Crippen LogP contribution in [0.2, 0.25) is 0 Å². The number of benzene rings is 4. The molecule has 4 nitrogen and oxygen atoms in total. The van der Waals surface area contributed by atoms with Gasteiger partial charge in [0.1, 0.15) is 12.1 Å². The third kappa shape index (κ3) is 5.55. The zero-order valence-electron chi connectivity index (χ0n) is 20.3. The number of hydrogen-bond donors (Lipinski definition) is 1. The van der Waals surface area contributed by atoms with E-state index in [1.54, 1.807) is 0 Å². The molecule has 0 fully saturated rings. The van der Waals surface area contributed by atoms with Crippen molar-refractivity contribution in [2.45, 2.75) is 32.7 Å². The van der Waals surface area contributed by atoms with Crippen LogP contribution in [0.15, 0.2) is 103 Å². The highest BCUT2D eigenvalue weighted by Crippen LogP contribution is 2.24. The number of rotatable bonds is 9. The average Bonchev–Trinajstić information content (AvgIpc) is 3.32. The van der Waals surface area contributed by atoms with Crippen LogP contribution in [-0.2, 0) is 13.0 Å². The van der Waals surface area contributed by atoms with Crippen LogP contribution in [0.5, 0.6) is 5.75 Å². The van der Waals surface area contributed by atoms with Crippen molar-refractivity contribution in [3.05, 3.63) is 120 Å². The molecule has 0 spiro atoms. The lowest BCUT2D eigenvalue weighted by Gasteiger charge is -2.10. The van der Waals surface area contributed by atoms with Crippen LogP contribution < -0.4 is 10.1 Å². The first-order chi connectivity index (χ1) is 17.2. The fourth-order valence-electron chi connectivity index (χ4n) is 4.19. The van der Waals surface area contributed by atoms with E-state index in [0.717, 1.165) is 41.1 Å². The lowest BCUT2D eigenvalue weighted by molar-refractivity contribution is 0.322. The van der Waals surface area contributed by atoms with Gasteiger partial charge in [-0.2, -0.15) is 0 Å². The second-order valence-electron chi connectivity index (χ2n) is 9.15. The van der Waals surface area contributed by atoms with Crippen LogP contribution in [0.3, 0.4) is 0 Å². The molecule has 4 heteroatoms. The molecule has 0 saturated carbocycles. The first-order valence-corrected chi connectivity index (χ1v) is 12.2. The van der Waals surface area contributed by atoms with Crippen LogP contribution >= 0.6 is 0 Å². The number of anilines is 1. The zero-order chi connectivity index (χ0) is 24.0. The summed E-state index contributed by atoms with van der Waals surface area (Å²) in [4.78, 5) is 4.64. The fourth-order valence-corrected chi connectivity index (χ4v) is 4.19. The summed E-state index contributed by atoms with van der Waals surface area (Å²) in [6.07, 6.45) is 2.78. The van der Waals surface area contributed by atoms with E-state index in [0.29, 0.717) is 12.5 Å². The maximum Gasteiger partial charge on any atom is 0.119 e. The second kappa shape index (κ2) is 10.5. The van der Waals surface area contributed by atoms with Crippen molar-refractivity contribution in [3.8, 4) is 11.4 Å². The Bertz CT molecular complexity index is 1370. The summed E-state index contributed by atoms with van der Waals surface area (Å²) in [7, 11) is 0. The Kier molecular flexibility index (Phi) is 6.80. The van der Waals surface area contributed by atoms with E-state index in [2.05, 4.69) is 108 Å². The molecule has 4 aromatic carbocycles. The molecule has 0 atom stereocenters. The Morgan fingerprint density at radius 2 is 1.60 bits per heavy atom. The van der Waals surface area contributed by atoms with E-state index in [1.165, 1.54) is 16.7 Å². The van der Waals surface area contributed by atoms with Gasteiger partial charge in [0.05, 0.1) is 17.6 Å². The van der Waals surface area contributed by atoms with E-state index in [-0.39, 0.29) is 0 Å². The Balaban J connectivity index is 1.21. The summed E-state index contributed by atoms with van der Waals surface area (Å²) in [5, 5.41) is 3.52. The predicted octanol–water partition coefficient (Wildman–Crippen LogP) is 7.38. The van der Waals surface area contributed by atoms with E-state index >= 15 is 0 Å². The monoisotopic (exact) mass is 461 g/mol. The SMILES string of the molecule is CC(C)c1ccc(CNc2ccc3c(c2)ncn3-c2ccc(OCCc3ccccc3)cc2)cc1. The van der Waals surface area contributed by atoms with Crippen molar-refractivity contribution >= 4 is 16.7 Å². The van der Waals surface area contributed by atoms with E-state index in [1.807, 2.05) is 24.5 Å². The summed E-state index contributed by atoms with van der Waals surface area (Å²) in [6, 6.07) is 33.8. The molecule has 176 valence electrons. The molecule has 0 aliphatic carbocycles. The Morgan fingerprint density at radius 1 is 0.829 bits per heavy atom. The molecule has 0 aliphatic rings. The lowest BCUT2D eigenvalue weighted by Crippen LogP contribution is -2.01. The summed E-state index contributed by atoms with van der Waals surface area (Å²) < 4.78 is 8.04. The number of hydrogen-bond acceptors (Lipinski definition) is 3. The number of aromatic nitrogens is 2. The number of nitrogens with zero attached hydrogens (tertiary/aromatic N) is 2. The van der Waals surface area contributed by atoms with Gasteiger partial charge in [0, 0.05) is 24.3 Å². The highest BCUT2D eigenvalue weighted by Gasteiger charge is 2.07. The standard InChI is InChI=1S/C31H31N3O/c1-23(2)26-10-8-25(9-11-26)21-32-27-12-17-31-30(20-27)33-22-34(31)28-13-15-29(16-14-28)35-19-18-24-6-4-3-5-7-24/h3-17,20,22-23,32H,18-19,21H2,1-2H3. The predicted molar refractivity (Wildman–Crippen MR) is 145 cm³/mol. The summed E-state index contributed by atoms with van der Waals surface area (Å²) >= 11 is 0. The number of imidazole rings is 1. The molecule has 0 amide bonds. The lowest BCUT2D eigenvalue weighted by atomic mass is 10.0. The minimum atomic E-state index is 0.554. The molecule has 35 heavy (non-hydrogen) atoms. The summed E-state index contributed by atoms with van der Waals surface area (Å²) in [5.41, 5.74) is 8.10. The maximum absolute atomic E-state index is 5.93. The fraction of sp³-hybridized carbons (Fsp3) is 0.194. The van der Waals surface area contributed by atoms with Crippen molar-refractivity contribution < 1.29 is 4.74 Å². The Hall–Kier alpha value is -4.05. The smallest absolute Gasteiger partial charge is 0.119 e. The van der Waals surface area contributed by atoms with Crippen LogP contribution in [-0.4, -0.2) is 16.2 Å². The quantitative estimate of drug-likeness (QED) is 0.249. The highest BCUT2D eigenvalue weighted by atomic mass is 16.5. The molecule has 5 aromatic rings. The molecule has 1 heterocycles. The van der Waals surface area contributed by atoms with Crippen LogP contribution in [0.1, 0.15) is 36.5 Å². The first kappa shape index (κ1) is 22.7. The van der Waals surface area contributed by atoms with E-state index < -0.39 is 0 Å². The molecule has 5 rings (SSSR count). The van der Waals surface area contributed by atoms with Gasteiger partial charge in [-0.15, -0.1) is 0 Å². The molecule has 0 saturated heterocycles. The zero-order valence-corrected chi connectivity index (χ0v) is 20.3. The molecule has 1 aromatic heterocycles. The normalized spacial score (nSPS) is 11.2. The van der Waals surface area contributed by atoms with E-state index in [4.69, 9.17) is 4.74 Å². The van der Waals surface area contributed by atoms with Gasteiger partial charge in [0.2, 0.25) is 0 Å². The minimum absolute atomic E-state index is 0.554. The van der Waals surface area contributed by atoms with Gasteiger partial charge in [-0.25, -0.2) is 4.98 Å². The van der Waals surface area contributed by atoms with Gasteiger partial charge >= 0.3 is 0 Å². The van der Waals surface area contributed by atoms with Crippen LogP contribution in [0, 0.1) is 0 Å². The number of fused-ring (bicyclic) bond motifs is 1. The first-order valence-electron chi connectivity index (χ1n) is 12.2. The number of nitrogens with one attached hydrogen (secondary N) is 1.